The zero-order valence-corrected chi connectivity index (χ0v) is 8.20. The van der Waals surface area contributed by atoms with Gasteiger partial charge in [-0.1, -0.05) is 0 Å². The quantitative estimate of drug-likeness (QED) is 0.562. The fourth-order valence-electron chi connectivity index (χ4n) is 2.02. The Balaban J connectivity index is 1.95. The molecule has 0 aromatic heterocycles. The molecule has 0 aliphatic carbocycles. The summed E-state index contributed by atoms with van der Waals surface area (Å²) in [6.45, 7) is 4.58. The van der Waals surface area contributed by atoms with Crippen molar-refractivity contribution in [2.75, 3.05) is 39.8 Å². The first-order valence-electron chi connectivity index (χ1n) is 5.01. The summed E-state index contributed by atoms with van der Waals surface area (Å²) in [6.07, 6.45) is 2.47. The second-order valence-electron chi connectivity index (χ2n) is 3.92. The van der Waals surface area contributed by atoms with E-state index in [4.69, 9.17) is 0 Å². The van der Waals surface area contributed by atoms with Gasteiger partial charge in [-0.25, -0.2) is 5.01 Å². The number of carbonyl (C=O) groups is 1. The minimum Gasteiger partial charge on any atom is -0.296 e. The summed E-state index contributed by atoms with van der Waals surface area (Å²) < 4.78 is 0. The summed E-state index contributed by atoms with van der Waals surface area (Å²) in [5.41, 5.74) is 0. The van der Waals surface area contributed by atoms with Crippen LogP contribution in [0.3, 0.4) is 0 Å². The molecule has 0 aromatic carbocycles. The second kappa shape index (κ2) is 3.64. The maximum atomic E-state index is 11.6. The predicted octanol–water partition coefficient (Wildman–Crippen LogP) is -0.229. The first-order chi connectivity index (χ1) is 6.27. The van der Waals surface area contributed by atoms with E-state index in [1.54, 1.807) is 0 Å². The van der Waals surface area contributed by atoms with Gasteiger partial charge in [0.1, 0.15) is 0 Å². The Hall–Kier alpha value is -0.610. The molecule has 0 aromatic rings. The number of rotatable bonds is 1. The molecule has 2 saturated heterocycles. The molecular weight excluding hydrogens is 166 g/mol. The third kappa shape index (κ3) is 1.84. The molecule has 2 aliphatic heterocycles. The van der Waals surface area contributed by atoms with Gasteiger partial charge in [-0.3, -0.25) is 14.7 Å². The van der Waals surface area contributed by atoms with Crippen LogP contribution in [0.2, 0.25) is 0 Å². The SMILES string of the molecule is CN1CCN(N2CCCC2)C(=O)C1. The molecule has 0 unspecified atom stereocenters. The largest absolute Gasteiger partial charge is 0.296 e. The molecule has 1 amide bonds. The van der Waals surface area contributed by atoms with E-state index in [0.717, 1.165) is 26.2 Å². The van der Waals surface area contributed by atoms with Crippen molar-refractivity contribution in [3.05, 3.63) is 0 Å². The van der Waals surface area contributed by atoms with Crippen LogP contribution in [0.25, 0.3) is 0 Å². The molecule has 2 heterocycles. The molecule has 2 fully saturated rings. The molecule has 2 rings (SSSR count). The van der Waals surface area contributed by atoms with Crippen LogP contribution in [0.5, 0.6) is 0 Å². The van der Waals surface area contributed by atoms with E-state index in [1.807, 2.05) is 12.1 Å². The number of nitrogens with zero attached hydrogens (tertiary/aromatic N) is 3. The molecule has 74 valence electrons. The van der Waals surface area contributed by atoms with Gasteiger partial charge >= 0.3 is 0 Å². The van der Waals surface area contributed by atoms with E-state index in [9.17, 15) is 4.79 Å². The summed E-state index contributed by atoms with van der Waals surface area (Å²) in [5, 5.41) is 4.14. The summed E-state index contributed by atoms with van der Waals surface area (Å²) in [5.74, 6) is 0.260. The Kier molecular flexibility index (Phi) is 2.51. The average molecular weight is 183 g/mol. The van der Waals surface area contributed by atoms with Gasteiger partial charge in [0.2, 0.25) is 0 Å². The molecule has 4 nitrogen and oxygen atoms in total. The van der Waals surface area contributed by atoms with E-state index < -0.39 is 0 Å². The molecule has 0 spiro atoms. The molecule has 4 heteroatoms. The first kappa shape index (κ1) is 8.97. The van der Waals surface area contributed by atoms with E-state index in [2.05, 4.69) is 9.91 Å². The molecule has 0 bridgehead atoms. The zero-order valence-electron chi connectivity index (χ0n) is 8.20. The molecule has 0 atom stereocenters. The highest BCUT2D eigenvalue weighted by molar-refractivity contribution is 5.78. The van der Waals surface area contributed by atoms with Gasteiger partial charge in [-0.2, -0.15) is 0 Å². The van der Waals surface area contributed by atoms with E-state index >= 15 is 0 Å². The topological polar surface area (TPSA) is 26.8 Å². The Morgan fingerprint density at radius 3 is 2.38 bits per heavy atom. The Bertz CT molecular complexity index is 201. The van der Waals surface area contributed by atoms with Crippen LogP contribution in [0.15, 0.2) is 0 Å². The molecule has 2 aliphatic rings. The number of likely N-dealkylation sites (N-methyl/N-ethyl adjacent to an activating group) is 1. The van der Waals surface area contributed by atoms with E-state index in [1.165, 1.54) is 12.8 Å². The lowest BCUT2D eigenvalue weighted by atomic mass is 10.3. The standard InChI is InChI=1S/C9H17N3O/c1-10-6-7-12(9(13)8-10)11-4-2-3-5-11/h2-8H2,1H3. The van der Waals surface area contributed by atoms with Gasteiger partial charge < -0.3 is 0 Å². The highest BCUT2D eigenvalue weighted by Gasteiger charge is 2.27. The first-order valence-corrected chi connectivity index (χ1v) is 5.01. The summed E-state index contributed by atoms with van der Waals surface area (Å²) in [4.78, 5) is 13.7. The van der Waals surface area contributed by atoms with Crippen molar-refractivity contribution in [2.24, 2.45) is 0 Å². The van der Waals surface area contributed by atoms with Crippen LogP contribution in [0, 0.1) is 0 Å². The monoisotopic (exact) mass is 183 g/mol. The van der Waals surface area contributed by atoms with Gasteiger partial charge in [0.05, 0.1) is 13.1 Å². The van der Waals surface area contributed by atoms with Crippen LogP contribution in [-0.2, 0) is 4.79 Å². The Morgan fingerprint density at radius 2 is 1.77 bits per heavy atom. The molecule has 0 saturated carbocycles. The van der Waals surface area contributed by atoms with Crippen LogP contribution in [0.4, 0.5) is 0 Å². The van der Waals surface area contributed by atoms with Crippen LogP contribution >= 0.6 is 0 Å². The van der Waals surface area contributed by atoms with Crippen LogP contribution in [-0.4, -0.2) is 60.6 Å². The smallest absolute Gasteiger partial charge is 0.251 e. The van der Waals surface area contributed by atoms with E-state index in [0.29, 0.717) is 6.54 Å². The van der Waals surface area contributed by atoms with Gasteiger partial charge in [-0.15, -0.1) is 0 Å². The number of carbonyl (C=O) groups excluding carboxylic acids is 1. The summed E-state index contributed by atoms with van der Waals surface area (Å²) >= 11 is 0. The van der Waals surface area contributed by atoms with Crippen LogP contribution in [0.1, 0.15) is 12.8 Å². The second-order valence-corrected chi connectivity index (χ2v) is 3.92. The predicted molar refractivity (Wildman–Crippen MR) is 50.0 cm³/mol. The molecule has 13 heavy (non-hydrogen) atoms. The van der Waals surface area contributed by atoms with Crippen molar-refractivity contribution in [1.82, 2.24) is 14.9 Å². The summed E-state index contributed by atoms with van der Waals surface area (Å²) in [7, 11) is 2.00. The fourth-order valence-corrected chi connectivity index (χ4v) is 2.02. The van der Waals surface area contributed by atoms with Gasteiger partial charge in [0, 0.05) is 19.6 Å². The number of amides is 1. The zero-order chi connectivity index (χ0) is 9.26. The molecule has 0 N–H and O–H groups in total. The van der Waals surface area contributed by atoms with Gasteiger partial charge in [0.15, 0.2) is 0 Å². The van der Waals surface area contributed by atoms with Gasteiger partial charge in [0.25, 0.3) is 5.91 Å². The average Bonchev–Trinajstić information content (AvgIpc) is 2.56. The fraction of sp³-hybridized carbons (Fsp3) is 0.889. The lowest BCUT2D eigenvalue weighted by molar-refractivity contribution is -0.153. The number of hydrazine groups is 1. The van der Waals surface area contributed by atoms with Crippen LogP contribution < -0.4 is 0 Å². The van der Waals surface area contributed by atoms with Crippen molar-refractivity contribution >= 4 is 5.91 Å². The lowest BCUT2D eigenvalue weighted by Crippen LogP contribution is -2.55. The third-order valence-electron chi connectivity index (χ3n) is 2.81. The Morgan fingerprint density at radius 1 is 1.08 bits per heavy atom. The number of piperazine rings is 1. The number of hydrogen-bond acceptors (Lipinski definition) is 3. The Labute approximate surface area is 79.1 Å². The highest BCUT2D eigenvalue weighted by Crippen LogP contribution is 2.13. The number of hydrogen-bond donors (Lipinski definition) is 0. The minimum absolute atomic E-state index is 0.260. The van der Waals surface area contributed by atoms with E-state index in [-0.39, 0.29) is 5.91 Å². The van der Waals surface area contributed by atoms with Crippen molar-refractivity contribution in [3.8, 4) is 0 Å². The molecule has 0 radical (unpaired) electrons. The normalized spacial score (nSPS) is 27.2. The van der Waals surface area contributed by atoms with Crippen molar-refractivity contribution in [3.63, 3.8) is 0 Å². The minimum atomic E-state index is 0.260. The maximum Gasteiger partial charge on any atom is 0.251 e. The molecular formula is C9H17N3O. The van der Waals surface area contributed by atoms with Crippen molar-refractivity contribution < 1.29 is 4.79 Å². The van der Waals surface area contributed by atoms with Crippen molar-refractivity contribution in [1.29, 1.82) is 0 Å². The van der Waals surface area contributed by atoms with Gasteiger partial charge in [-0.05, 0) is 19.9 Å². The van der Waals surface area contributed by atoms with Crippen molar-refractivity contribution in [2.45, 2.75) is 12.8 Å². The maximum absolute atomic E-state index is 11.6. The summed E-state index contributed by atoms with van der Waals surface area (Å²) in [6, 6.07) is 0. The third-order valence-corrected chi connectivity index (χ3v) is 2.81. The lowest BCUT2D eigenvalue weighted by Gasteiger charge is -2.37. The highest BCUT2D eigenvalue weighted by atomic mass is 16.2.